The molecule has 2 aliphatic rings. The minimum atomic E-state index is -0.529. The summed E-state index contributed by atoms with van der Waals surface area (Å²) in [6.45, 7) is 1.75. The third kappa shape index (κ3) is 0.975. The number of nitrogens with one attached hydrogen (secondary N) is 1. The summed E-state index contributed by atoms with van der Waals surface area (Å²) in [5, 5.41) is 2.83. The number of hydrogen-bond acceptors (Lipinski definition) is 2. The predicted molar refractivity (Wildman–Crippen MR) is 47.0 cm³/mol. The van der Waals surface area contributed by atoms with Crippen LogP contribution in [-0.4, -0.2) is 35.3 Å². The number of rotatable bonds is 0. The molecule has 1 aliphatic carbocycles. The Morgan fingerprint density at radius 2 is 2.08 bits per heavy atom. The van der Waals surface area contributed by atoms with Crippen molar-refractivity contribution in [2.45, 2.75) is 37.8 Å². The first-order valence-electron chi connectivity index (χ1n) is 4.66. The van der Waals surface area contributed by atoms with E-state index in [2.05, 4.69) is 5.32 Å². The molecule has 13 heavy (non-hydrogen) atoms. The summed E-state index contributed by atoms with van der Waals surface area (Å²) in [6.07, 6.45) is 2.64. The molecule has 2 rings (SSSR count). The summed E-state index contributed by atoms with van der Waals surface area (Å²) >= 11 is 0. The molecule has 0 aromatic carbocycles. The van der Waals surface area contributed by atoms with Gasteiger partial charge >= 0.3 is 0 Å². The van der Waals surface area contributed by atoms with Crippen LogP contribution in [0.25, 0.3) is 0 Å². The molecule has 0 unspecified atom stereocenters. The van der Waals surface area contributed by atoms with Crippen molar-refractivity contribution in [2.24, 2.45) is 0 Å². The largest absolute Gasteiger partial charge is 0.340 e. The molecular formula is C9H14N2O2. The lowest BCUT2D eigenvalue weighted by Crippen LogP contribution is -2.71. The number of piperazine rings is 1. The van der Waals surface area contributed by atoms with E-state index in [0.717, 1.165) is 19.3 Å². The van der Waals surface area contributed by atoms with Gasteiger partial charge in [0.15, 0.2) is 0 Å². The molecule has 1 spiro atoms. The van der Waals surface area contributed by atoms with Crippen molar-refractivity contribution in [1.29, 1.82) is 0 Å². The van der Waals surface area contributed by atoms with Gasteiger partial charge in [-0.1, -0.05) is 0 Å². The monoisotopic (exact) mass is 182 g/mol. The fourth-order valence-corrected chi connectivity index (χ4v) is 1.95. The zero-order valence-corrected chi connectivity index (χ0v) is 7.96. The molecule has 4 heteroatoms. The van der Waals surface area contributed by atoms with Gasteiger partial charge in [-0.15, -0.1) is 0 Å². The highest BCUT2D eigenvalue weighted by molar-refractivity contribution is 6.00. The number of carbonyl (C=O) groups is 2. The van der Waals surface area contributed by atoms with Gasteiger partial charge in [-0.05, 0) is 26.2 Å². The Morgan fingerprint density at radius 3 is 2.54 bits per heavy atom. The average Bonchev–Trinajstić information content (AvgIpc) is 2.05. The van der Waals surface area contributed by atoms with Crippen LogP contribution in [0.5, 0.6) is 0 Å². The fraction of sp³-hybridized carbons (Fsp3) is 0.778. The molecule has 0 aromatic heterocycles. The van der Waals surface area contributed by atoms with Crippen molar-refractivity contribution >= 4 is 11.8 Å². The quantitative estimate of drug-likeness (QED) is 0.568. The molecule has 1 aliphatic heterocycles. The van der Waals surface area contributed by atoms with E-state index in [4.69, 9.17) is 0 Å². The molecule has 2 fully saturated rings. The molecule has 1 heterocycles. The number of carbonyl (C=O) groups excluding carboxylic acids is 2. The van der Waals surface area contributed by atoms with E-state index >= 15 is 0 Å². The molecule has 1 saturated carbocycles. The van der Waals surface area contributed by atoms with E-state index in [1.165, 1.54) is 0 Å². The Hall–Kier alpha value is -1.06. The van der Waals surface area contributed by atoms with E-state index in [1.54, 1.807) is 18.9 Å². The molecule has 72 valence electrons. The van der Waals surface area contributed by atoms with Crippen LogP contribution in [0.2, 0.25) is 0 Å². The van der Waals surface area contributed by atoms with Crippen molar-refractivity contribution in [1.82, 2.24) is 10.2 Å². The van der Waals surface area contributed by atoms with Gasteiger partial charge in [0.25, 0.3) is 0 Å². The molecule has 0 bridgehead atoms. The second-order valence-corrected chi connectivity index (χ2v) is 4.02. The van der Waals surface area contributed by atoms with Gasteiger partial charge in [-0.25, -0.2) is 0 Å². The fourth-order valence-electron chi connectivity index (χ4n) is 1.95. The normalized spacial score (nSPS) is 31.5. The van der Waals surface area contributed by atoms with Crippen LogP contribution in [0.4, 0.5) is 0 Å². The van der Waals surface area contributed by atoms with Crippen LogP contribution < -0.4 is 5.32 Å². The van der Waals surface area contributed by atoms with Crippen LogP contribution in [0, 0.1) is 0 Å². The zero-order valence-electron chi connectivity index (χ0n) is 7.96. The van der Waals surface area contributed by atoms with Gasteiger partial charge in [0, 0.05) is 7.05 Å². The van der Waals surface area contributed by atoms with Gasteiger partial charge in [0.2, 0.25) is 11.8 Å². The van der Waals surface area contributed by atoms with E-state index in [1.807, 2.05) is 0 Å². The highest BCUT2D eigenvalue weighted by Gasteiger charge is 2.51. The van der Waals surface area contributed by atoms with E-state index in [9.17, 15) is 9.59 Å². The molecule has 1 atom stereocenters. The minimum Gasteiger partial charge on any atom is -0.340 e. The Labute approximate surface area is 77.3 Å². The summed E-state index contributed by atoms with van der Waals surface area (Å²) in [4.78, 5) is 24.8. The molecular weight excluding hydrogens is 168 g/mol. The Balaban J connectivity index is 2.25. The van der Waals surface area contributed by atoms with Crippen LogP contribution in [0.15, 0.2) is 0 Å². The van der Waals surface area contributed by atoms with Gasteiger partial charge < -0.3 is 10.2 Å². The maximum atomic E-state index is 11.8. The first-order chi connectivity index (χ1) is 6.07. The lowest BCUT2D eigenvalue weighted by molar-refractivity contribution is -0.156. The summed E-state index contributed by atoms with van der Waals surface area (Å²) in [6, 6.07) is -0.321. The highest BCUT2D eigenvalue weighted by Crippen LogP contribution is 2.35. The van der Waals surface area contributed by atoms with Crippen molar-refractivity contribution in [3.05, 3.63) is 0 Å². The molecule has 1 N–H and O–H groups in total. The van der Waals surface area contributed by atoms with Gasteiger partial charge in [0.1, 0.15) is 11.6 Å². The lowest BCUT2D eigenvalue weighted by Gasteiger charge is -2.48. The van der Waals surface area contributed by atoms with E-state index in [0.29, 0.717) is 0 Å². The third-order valence-electron chi connectivity index (χ3n) is 3.26. The average molecular weight is 182 g/mol. The topological polar surface area (TPSA) is 49.4 Å². The SMILES string of the molecule is C[C@H]1C(=O)NC2(CCC2)C(=O)N1C. The highest BCUT2D eigenvalue weighted by atomic mass is 16.2. The molecule has 0 aromatic rings. The van der Waals surface area contributed by atoms with Gasteiger partial charge in [0.05, 0.1) is 0 Å². The van der Waals surface area contributed by atoms with Crippen LogP contribution in [0.1, 0.15) is 26.2 Å². The second-order valence-electron chi connectivity index (χ2n) is 4.02. The molecule has 1 saturated heterocycles. The second kappa shape index (κ2) is 2.47. The lowest BCUT2D eigenvalue weighted by atomic mass is 9.74. The van der Waals surface area contributed by atoms with Crippen molar-refractivity contribution < 1.29 is 9.59 Å². The van der Waals surface area contributed by atoms with Crippen LogP contribution in [0.3, 0.4) is 0 Å². The summed E-state index contributed by atoms with van der Waals surface area (Å²) in [7, 11) is 1.70. The Morgan fingerprint density at radius 1 is 1.46 bits per heavy atom. The van der Waals surface area contributed by atoms with E-state index < -0.39 is 5.54 Å². The van der Waals surface area contributed by atoms with Crippen molar-refractivity contribution in [3.8, 4) is 0 Å². The minimum absolute atomic E-state index is 0.0261. The molecule has 0 radical (unpaired) electrons. The Kier molecular flexibility index (Phi) is 1.62. The summed E-state index contributed by atoms with van der Waals surface area (Å²) in [5.74, 6) is 0.0488. The van der Waals surface area contributed by atoms with E-state index in [-0.39, 0.29) is 17.9 Å². The molecule has 2 amide bonds. The zero-order chi connectivity index (χ0) is 9.64. The number of amides is 2. The van der Waals surface area contributed by atoms with Crippen LogP contribution in [-0.2, 0) is 9.59 Å². The van der Waals surface area contributed by atoms with Gasteiger partial charge in [-0.2, -0.15) is 0 Å². The number of nitrogens with zero attached hydrogens (tertiary/aromatic N) is 1. The van der Waals surface area contributed by atoms with Gasteiger partial charge in [-0.3, -0.25) is 9.59 Å². The summed E-state index contributed by atoms with van der Waals surface area (Å²) in [5.41, 5.74) is -0.529. The standard InChI is InChI=1S/C9H14N2O2/c1-6-7(12)10-9(4-3-5-9)8(13)11(6)2/h6H,3-5H2,1-2H3,(H,10,12)/t6-/m0/s1. The summed E-state index contributed by atoms with van der Waals surface area (Å²) < 4.78 is 0. The van der Waals surface area contributed by atoms with Crippen molar-refractivity contribution in [2.75, 3.05) is 7.05 Å². The maximum Gasteiger partial charge on any atom is 0.248 e. The predicted octanol–water partition coefficient (Wildman–Crippen LogP) is -0.114. The van der Waals surface area contributed by atoms with Crippen molar-refractivity contribution in [3.63, 3.8) is 0 Å². The first-order valence-corrected chi connectivity index (χ1v) is 4.66. The Bertz CT molecular complexity index is 271. The number of hydrogen-bond donors (Lipinski definition) is 1. The molecule has 4 nitrogen and oxygen atoms in total. The number of likely N-dealkylation sites (N-methyl/N-ethyl adjacent to an activating group) is 1. The smallest absolute Gasteiger partial charge is 0.248 e. The maximum absolute atomic E-state index is 11.8. The first kappa shape index (κ1) is 8.53. The third-order valence-corrected chi connectivity index (χ3v) is 3.26. The van der Waals surface area contributed by atoms with Crippen LogP contribution >= 0.6 is 0 Å².